The van der Waals surface area contributed by atoms with Gasteiger partial charge in [0, 0.05) is 21.6 Å². The molecule has 0 saturated heterocycles. The van der Waals surface area contributed by atoms with Gasteiger partial charge in [-0.2, -0.15) is 0 Å². The Bertz CT molecular complexity index is 596. The second kappa shape index (κ2) is 5.46. The summed E-state index contributed by atoms with van der Waals surface area (Å²) in [7, 11) is 0. The van der Waals surface area contributed by atoms with Crippen molar-refractivity contribution in [3.05, 3.63) is 33.0 Å². The number of halogens is 1. The van der Waals surface area contributed by atoms with Gasteiger partial charge in [-0.25, -0.2) is 4.98 Å². The van der Waals surface area contributed by atoms with Crippen molar-refractivity contribution in [3.8, 4) is 0 Å². The molecule has 4 nitrogen and oxygen atoms in total. The molecule has 0 radical (unpaired) electrons. The number of rotatable bonds is 3. The van der Waals surface area contributed by atoms with Gasteiger partial charge >= 0.3 is 0 Å². The molecule has 1 N–H and O–H groups in total. The van der Waals surface area contributed by atoms with Crippen molar-refractivity contribution in [2.24, 2.45) is 0 Å². The molecule has 19 heavy (non-hydrogen) atoms. The normalized spacial score (nSPS) is 11.1. The highest BCUT2D eigenvalue weighted by Gasteiger charge is 2.16. The van der Waals surface area contributed by atoms with Crippen LogP contribution in [0, 0.1) is 13.8 Å². The smallest absolute Gasteiger partial charge is 0.274 e. The van der Waals surface area contributed by atoms with Crippen molar-refractivity contribution in [2.75, 3.05) is 5.32 Å². The van der Waals surface area contributed by atoms with Crippen molar-refractivity contribution >= 4 is 38.3 Å². The first-order chi connectivity index (χ1) is 8.88. The molecule has 0 bridgehead atoms. The number of hydrogen-bond acceptors (Lipinski definition) is 3. The lowest BCUT2D eigenvalue weighted by Gasteiger charge is -2.11. The maximum absolute atomic E-state index is 12.3. The Hall–Kier alpha value is -1.14. The summed E-state index contributed by atoms with van der Waals surface area (Å²) in [6.45, 7) is 8.02. The summed E-state index contributed by atoms with van der Waals surface area (Å²) in [5, 5.41) is 3.50. The standard InChI is InChI=1S/C13H16BrN3OS/c1-7(2)17-6-10(14)5-11(17)12(18)16-13-15-8(3)9(4)19-13/h5-7H,1-4H3,(H,15,16,18). The number of carbonyl (C=O) groups is 1. The molecular formula is C13H16BrN3OS. The summed E-state index contributed by atoms with van der Waals surface area (Å²) in [5.74, 6) is -0.131. The van der Waals surface area contributed by atoms with Gasteiger partial charge in [-0.15, -0.1) is 11.3 Å². The number of aryl methyl sites for hydroxylation is 2. The van der Waals surface area contributed by atoms with Gasteiger partial charge in [0.2, 0.25) is 0 Å². The molecule has 0 fully saturated rings. The number of amides is 1. The van der Waals surface area contributed by atoms with Crippen LogP contribution in [0.4, 0.5) is 5.13 Å². The van der Waals surface area contributed by atoms with E-state index in [0.717, 1.165) is 15.0 Å². The zero-order valence-electron chi connectivity index (χ0n) is 11.3. The zero-order valence-corrected chi connectivity index (χ0v) is 13.7. The lowest BCUT2D eigenvalue weighted by atomic mass is 10.3. The monoisotopic (exact) mass is 341 g/mol. The number of thiazole rings is 1. The Morgan fingerprint density at radius 1 is 1.47 bits per heavy atom. The highest BCUT2D eigenvalue weighted by Crippen LogP contribution is 2.24. The maximum atomic E-state index is 12.3. The van der Waals surface area contributed by atoms with Crippen LogP contribution in [0.5, 0.6) is 0 Å². The SMILES string of the molecule is Cc1nc(NC(=O)c2cc(Br)cn2C(C)C)sc1C. The van der Waals surface area contributed by atoms with Gasteiger partial charge in [0.05, 0.1) is 5.69 Å². The van der Waals surface area contributed by atoms with Crippen LogP contribution >= 0.6 is 27.3 Å². The van der Waals surface area contributed by atoms with E-state index in [4.69, 9.17) is 0 Å². The van der Waals surface area contributed by atoms with Gasteiger partial charge in [-0.05, 0) is 49.7 Å². The Morgan fingerprint density at radius 3 is 2.68 bits per heavy atom. The predicted molar refractivity (Wildman–Crippen MR) is 82.1 cm³/mol. The molecule has 2 aromatic heterocycles. The van der Waals surface area contributed by atoms with Crippen molar-refractivity contribution in [1.29, 1.82) is 0 Å². The number of anilines is 1. The van der Waals surface area contributed by atoms with E-state index in [9.17, 15) is 4.79 Å². The molecule has 0 aliphatic heterocycles. The van der Waals surface area contributed by atoms with Crippen LogP contribution in [0.1, 0.15) is 40.9 Å². The molecule has 0 spiro atoms. The Balaban J connectivity index is 2.25. The molecule has 0 aliphatic rings. The maximum Gasteiger partial charge on any atom is 0.274 e. The molecule has 2 rings (SSSR count). The zero-order chi connectivity index (χ0) is 14.2. The fourth-order valence-corrected chi connectivity index (χ4v) is 2.99. The topological polar surface area (TPSA) is 46.9 Å². The van der Waals surface area contributed by atoms with E-state index >= 15 is 0 Å². The molecular weight excluding hydrogens is 326 g/mol. The van der Waals surface area contributed by atoms with Crippen LogP contribution in [0.15, 0.2) is 16.7 Å². The first kappa shape index (κ1) is 14.3. The second-order valence-corrected chi connectivity index (χ2v) is 6.78. The average molecular weight is 342 g/mol. The summed E-state index contributed by atoms with van der Waals surface area (Å²) >= 11 is 4.90. The largest absolute Gasteiger partial charge is 0.340 e. The quantitative estimate of drug-likeness (QED) is 0.911. The minimum absolute atomic E-state index is 0.131. The molecule has 1 amide bonds. The van der Waals surface area contributed by atoms with Gasteiger partial charge in [0.15, 0.2) is 5.13 Å². The van der Waals surface area contributed by atoms with Gasteiger partial charge in [0.25, 0.3) is 5.91 Å². The molecule has 6 heteroatoms. The third-order valence-corrected chi connectivity index (χ3v) is 4.28. The molecule has 102 valence electrons. The number of nitrogens with zero attached hydrogens (tertiary/aromatic N) is 2. The van der Waals surface area contributed by atoms with Gasteiger partial charge in [-0.3, -0.25) is 10.1 Å². The Labute approximate surface area is 125 Å². The lowest BCUT2D eigenvalue weighted by Crippen LogP contribution is -2.17. The van der Waals surface area contributed by atoms with E-state index < -0.39 is 0 Å². The first-order valence-corrected chi connectivity index (χ1v) is 7.62. The molecule has 0 atom stereocenters. The van der Waals surface area contributed by atoms with Gasteiger partial charge < -0.3 is 4.57 Å². The van der Waals surface area contributed by atoms with Crippen molar-refractivity contribution in [3.63, 3.8) is 0 Å². The molecule has 2 aromatic rings. The summed E-state index contributed by atoms with van der Waals surface area (Å²) in [6.07, 6.45) is 1.91. The van der Waals surface area contributed by atoms with Gasteiger partial charge in [-0.1, -0.05) is 0 Å². The van der Waals surface area contributed by atoms with E-state index in [1.54, 1.807) is 0 Å². The Kier molecular flexibility index (Phi) is 4.10. The van der Waals surface area contributed by atoms with Crippen LogP contribution in [0.2, 0.25) is 0 Å². The summed E-state index contributed by atoms with van der Waals surface area (Å²) in [5.41, 5.74) is 1.59. The number of carbonyl (C=O) groups excluding carboxylic acids is 1. The third-order valence-electron chi connectivity index (χ3n) is 2.85. The predicted octanol–water partition coefficient (Wildman–Crippen LogP) is 4.16. The highest BCUT2D eigenvalue weighted by atomic mass is 79.9. The van der Waals surface area contributed by atoms with Crippen LogP contribution in [0.3, 0.4) is 0 Å². The van der Waals surface area contributed by atoms with Crippen LogP contribution in [0.25, 0.3) is 0 Å². The van der Waals surface area contributed by atoms with Crippen LogP contribution in [-0.4, -0.2) is 15.5 Å². The molecule has 0 aliphatic carbocycles. The minimum Gasteiger partial charge on any atom is -0.340 e. The summed E-state index contributed by atoms with van der Waals surface area (Å²) in [4.78, 5) is 17.7. The van der Waals surface area contributed by atoms with Gasteiger partial charge in [0.1, 0.15) is 5.69 Å². The minimum atomic E-state index is -0.131. The average Bonchev–Trinajstić information content (AvgIpc) is 2.83. The fraction of sp³-hybridized carbons (Fsp3) is 0.385. The summed E-state index contributed by atoms with van der Waals surface area (Å²) in [6, 6.07) is 2.05. The highest BCUT2D eigenvalue weighted by molar-refractivity contribution is 9.10. The number of nitrogens with one attached hydrogen (secondary N) is 1. The van der Waals surface area contributed by atoms with E-state index in [1.165, 1.54) is 11.3 Å². The van der Waals surface area contributed by atoms with E-state index in [2.05, 4.69) is 26.2 Å². The fourth-order valence-electron chi connectivity index (χ4n) is 1.74. The number of aromatic nitrogens is 2. The van der Waals surface area contributed by atoms with Crippen LogP contribution in [-0.2, 0) is 0 Å². The summed E-state index contributed by atoms with van der Waals surface area (Å²) < 4.78 is 2.84. The molecule has 0 saturated carbocycles. The van der Waals surface area contributed by atoms with Crippen molar-refractivity contribution in [1.82, 2.24) is 9.55 Å². The third kappa shape index (κ3) is 3.06. The molecule has 2 heterocycles. The van der Waals surface area contributed by atoms with Crippen molar-refractivity contribution in [2.45, 2.75) is 33.7 Å². The van der Waals surface area contributed by atoms with E-state index in [-0.39, 0.29) is 11.9 Å². The Morgan fingerprint density at radius 2 is 2.16 bits per heavy atom. The first-order valence-electron chi connectivity index (χ1n) is 6.01. The lowest BCUT2D eigenvalue weighted by molar-refractivity contribution is 0.101. The second-order valence-electron chi connectivity index (χ2n) is 4.66. The van der Waals surface area contributed by atoms with Crippen LogP contribution < -0.4 is 5.32 Å². The molecule has 0 aromatic carbocycles. The number of hydrogen-bond donors (Lipinski definition) is 1. The van der Waals surface area contributed by atoms with Crippen molar-refractivity contribution < 1.29 is 4.79 Å². The van der Waals surface area contributed by atoms with E-state index in [1.807, 2.05) is 44.5 Å². The van der Waals surface area contributed by atoms with E-state index in [0.29, 0.717) is 10.8 Å². The molecule has 0 unspecified atom stereocenters.